The molecule has 0 fully saturated rings. The van der Waals surface area contributed by atoms with Crippen molar-refractivity contribution in [3.8, 4) is 23.6 Å². The highest BCUT2D eigenvalue weighted by Crippen LogP contribution is 2.31. The predicted molar refractivity (Wildman–Crippen MR) is 111 cm³/mol. The quantitative estimate of drug-likeness (QED) is 0.520. The minimum absolute atomic E-state index is 0.234. The molecule has 0 aliphatic rings. The summed E-state index contributed by atoms with van der Waals surface area (Å²) in [5.74, 6) is 0.532. The molecule has 0 aliphatic carbocycles. The van der Waals surface area contributed by atoms with Gasteiger partial charge < -0.3 is 14.8 Å². The Kier molecular flexibility index (Phi) is 5.13. The lowest BCUT2D eigenvalue weighted by Crippen LogP contribution is -2.23. The Morgan fingerprint density at radius 1 is 0.933 bits per heavy atom. The first kappa shape index (κ1) is 19.1. The Hall–Kier alpha value is -4.20. The van der Waals surface area contributed by atoms with Crippen molar-refractivity contribution in [2.75, 3.05) is 5.32 Å². The number of aromatic nitrogens is 2. The lowest BCUT2D eigenvalue weighted by Gasteiger charge is -2.20. The van der Waals surface area contributed by atoms with E-state index in [1.54, 1.807) is 43.3 Å². The summed E-state index contributed by atoms with van der Waals surface area (Å²) in [6.45, 7) is 1.63. The first-order valence-corrected chi connectivity index (χ1v) is 9.31. The van der Waals surface area contributed by atoms with Crippen molar-refractivity contribution < 1.29 is 9.52 Å². The van der Waals surface area contributed by atoms with Crippen LogP contribution in [0, 0.1) is 22.7 Å². The molecule has 0 amide bonds. The van der Waals surface area contributed by atoms with Crippen molar-refractivity contribution in [3.05, 3.63) is 77.7 Å². The average Bonchev–Trinajstić information content (AvgIpc) is 3.27. The average molecular weight is 395 g/mol. The Morgan fingerprint density at radius 3 is 2.33 bits per heavy atom. The van der Waals surface area contributed by atoms with Gasteiger partial charge in [-0.05, 0) is 43.3 Å². The molecule has 0 unspecified atom stereocenters. The molecule has 7 nitrogen and oxygen atoms in total. The lowest BCUT2D eigenvalue weighted by molar-refractivity contribution is 0.160. The van der Waals surface area contributed by atoms with Crippen molar-refractivity contribution in [2.24, 2.45) is 0 Å². The van der Waals surface area contributed by atoms with Crippen LogP contribution < -0.4 is 5.32 Å². The standard InChI is InChI=1S/C23H17N5O2/c1-14(29)21(23-28-27-22(30-23)16-8-6-15(12-24)7-9-16)26-20-11-10-17(13-25)18-4-2-3-5-19(18)20/h2-11,14,21,26,29H,1H3/t14-,21-/m1/s1. The van der Waals surface area contributed by atoms with E-state index in [1.165, 1.54) is 0 Å². The Bertz CT molecular complexity index is 1280. The summed E-state index contributed by atoms with van der Waals surface area (Å²) in [6, 6.07) is 21.5. The van der Waals surface area contributed by atoms with Gasteiger partial charge in [-0.2, -0.15) is 10.5 Å². The third kappa shape index (κ3) is 3.58. The highest BCUT2D eigenvalue weighted by atomic mass is 16.4. The van der Waals surface area contributed by atoms with Crippen LogP contribution in [0.2, 0.25) is 0 Å². The summed E-state index contributed by atoms with van der Waals surface area (Å²) in [5.41, 5.74) is 2.54. The van der Waals surface area contributed by atoms with Crippen molar-refractivity contribution in [3.63, 3.8) is 0 Å². The van der Waals surface area contributed by atoms with E-state index in [4.69, 9.17) is 9.68 Å². The van der Waals surface area contributed by atoms with Crippen LogP contribution >= 0.6 is 0 Å². The van der Waals surface area contributed by atoms with Crippen LogP contribution in [0.3, 0.4) is 0 Å². The maximum Gasteiger partial charge on any atom is 0.247 e. The van der Waals surface area contributed by atoms with Gasteiger partial charge in [-0.25, -0.2) is 0 Å². The second-order valence-corrected chi connectivity index (χ2v) is 6.82. The van der Waals surface area contributed by atoms with Gasteiger partial charge in [0.25, 0.3) is 0 Å². The van der Waals surface area contributed by atoms with Crippen molar-refractivity contribution in [1.29, 1.82) is 10.5 Å². The maximum absolute atomic E-state index is 10.4. The normalized spacial score (nSPS) is 12.7. The lowest BCUT2D eigenvalue weighted by atomic mass is 10.0. The number of benzene rings is 3. The van der Waals surface area contributed by atoms with Crippen LogP contribution in [0.4, 0.5) is 5.69 Å². The van der Waals surface area contributed by atoms with Crippen LogP contribution in [-0.4, -0.2) is 21.4 Å². The zero-order valence-electron chi connectivity index (χ0n) is 16.1. The van der Waals surface area contributed by atoms with E-state index < -0.39 is 12.1 Å². The highest BCUT2D eigenvalue weighted by Gasteiger charge is 2.25. The van der Waals surface area contributed by atoms with Gasteiger partial charge in [-0.1, -0.05) is 24.3 Å². The van der Waals surface area contributed by atoms with Gasteiger partial charge in [0.05, 0.1) is 29.4 Å². The van der Waals surface area contributed by atoms with Crippen LogP contribution in [-0.2, 0) is 0 Å². The van der Waals surface area contributed by atoms with Crippen LogP contribution in [0.25, 0.3) is 22.2 Å². The van der Waals surface area contributed by atoms with Gasteiger partial charge in [0.15, 0.2) is 0 Å². The second-order valence-electron chi connectivity index (χ2n) is 6.82. The fourth-order valence-corrected chi connectivity index (χ4v) is 3.24. The summed E-state index contributed by atoms with van der Waals surface area (Å²) in [5, 5.41) is 41.8. The van der Waals surface area contributed by atoms with E-state index in [-0.39, 0.29) is 5.89 Å². The Balaban J connectivity index is 1.68. The molecule has 0 aliphatic heterocycles. The van der Waals surface area contributed by atoms with E-state index in [1.807, 2.05) is 24.3 Å². The molecule has 30 heavy (non-hydrogen) atoms. The van der Waals surface area contributed by atoms with E-state index in [2.05, 4.69) is 27.7 Å². The van der Waals surface area contributed by atoms with Crippen molar-refractivity contribution >= 4 is 16.5 Å². The van der Waals surface area contributed by atoms with Crippen LogP contribution in [0.5, 0.6) is 0 Å². The molecule has 7 heteroatoms. The molecule has 0 saturated carbocycles. The molecule has 2 atom stereocenters. The first-order valence-electron chi connectivity index (χ1n) is 9.31. The maximum atomic E-state index is 10.4. The van der Waals surface area contributed by atoms with E-state index in [0.717, 1.165) is 16.5 Å². The van der Waals surface area contributed by atoms with Crippen molar-refractivity contribution in [1.82, 2.24) is 10.2 Å². The number of nitrogens with zero attached hydrogens (tertiary/aromatic N) is 4. The summed E-state index contributed by atoms with van der Waals surface area (Å²) in [7, 11) is 0. The number of nitrogens with one attached hydrogen (secondary N) is 1. The molecular weight excluding hydrogens is 378 g/mol. The summed E-state index contributed by atoms with van der Waals surface area (Å²) < 4.78 is 5.82. The summed E-state index contributed by atoms with van der Waals surface area (Å²) >= 11 is 0. The third-order valence-electron chi connectivity index (χ3n) is 4.81. The van der Waals surface area contributed by atoms with Gasteiger partial charge in [0.1, 0.15) is 6.04 Å². The van der Waals surface area contributed by atoms with E-state index >= 15 is 0 Å². The topological polar surface area (TPSA) is 119 Å². The first-order chi connectivity index (χ1) is 14.6. The van der Waals surface area contributed by atoms with Crippen LogP contribution in [0.15, 0.2) is 65.1 Å². The molecule has 0 saturated heterocycles. The molecule has 1 heterocycles. The minimum atomic E-state index is -0.825. The van der Waals surface area contributed by atoms with Crippen molar-refractivity contribution in [2.45, 2.75) is 19.1 Å². The zero-order valence-corrected chi connectivity index (χ0v) is 16.1. The fourth-order valence-electron chi connectivity index (χ4n) is 3.24. The number of aliphatic hydroxyl groups excluding tert-OH is 1. The number of fused-ring (bicyclic) bond motifs is 1. The molecular formula is C23H17N5O2. The minimum Gasteiger partial charge on any atom is -0.418 e. The number of hydrogen-bond donors (Lipinski definition) is 2. The van der Waals surface area contributed by atoms with Gasteiger partial charge in [-0.15, -0.1) is 10.2 Å². The van der Waals surface area contributed by atoms with Gasteiger partial charge in [0.2, 0.25) is 11.8 Å². The number of hydrogen-bond acceptors (Lipinski definition) is 7. The van der Waals surface area contributed by atoms with Gasteiger partial charge in [-0.3, -0.25) is 0 Å². The number of aliphatic hydroxyl groups is 1. The largest absolute Gasteiger partial charge is 0.418 e. The predicted octanol–water partition coefficient (Wildman–Crippen LogP) is 4.17. The fraction of sp³-hybridized carbons (Fsp3) is 0.130. The van der Waals surface area contributed by atoms with Gasteiger partial charge in [0, 0.05) is 22.0 Å². The smallest absolute Gasteiger partial charge is 0.247 e. The van der Waals surface area contributed by atoms with Gasteiger partial charge >= 0.3 is 0 Å². The number of rotatable bonds is 5. The SMILES string of the molecule is C[C@@H](O)[C@@H](Nc1ccc(C#N)c2ccccc12)c1nnc(-c2ccc(C#N)cc2)o1. The van der Waals surface area contributed by atoms with E-state index in [0.29, 0.717) is 22.6 Å². The molecule has 3 aromatic carbocycles. The molecule has 146 valence electrons. The second kappa shape index (κ2) is 8.04. The highest BCUT2D eigenvalue weighted by molar-refractivity contribution is 5.97. The monoisotopic (exact) mass is 395 g/mol. The van der Waals surface area contributed by atoms with E-state index in [9.17, 15) is 10.4 Å². The molecule has 4 rings (SSSR count). The third-order valence-corrected chi connectivity index (χ3v) is 4.81. The van der Waals surface area contributed by atoms with Crippen LogP contribution in [0.1, 0.15) is 30.0 Å². The summed E-state index contributed by atoms with van der Waals surface area (Å²) in [6.07, 6.45) is -0.825. The zero-order chi connectivity index (χ0) is 21.1. The Labute approximate surface area is 172 Å². The molecule has 2 N–H and O–H groups in total. The molecule has 0 radical (unpaired) electrons. The Morgan fingerprint density at radius 2 is 1.67 bits per heavy atom. The number of anilines is 1. The number of nitriles is 2. The molecule has 0 spiro atoms. The molecule has 1 aromatic heterocycles. The summed E-state index contributed by atoms with van der Waals surface area (Å²) in [4.78, 5) is 0. The molecule has 0 bridgehead atoms. The molecule has 4 aromatic rings.